The van der Waals surface area contributed by atoms with Gasteiger partial charge in [-0.3, -0.25) is 0 Å². The molecule has 3 aromatic rings. The van der Waals surface area contributed by atoms with Crippen LogP contribution in [0, 0.1) is 0 Å². The molecule has 1 nitrogen and oxygen atoms in total. The zero-order valence-electron chi connectivity index (χ0n) is 11.6. The first-order valence-electron chi connectivity index (χ1n) is 6.96. The Morgan fingerprint density at radius 3 is 2.45 bits per heavy atom. The van der Waals surface area contributed by atoms with E-state index in [2.05, 4.69) is 56.3 Å². The van der Waals surface area contributed by atoms with Crippen LogP contribution in [0.15, 0.2) is 54.6 Å². The van der Waals surface area contributed by atoms with Crippen LogP contribution >= 0.6 is 0 Å². The van der Waals surface area contributed by atoms with Crippen LogP contribution < -0.4 is 0 Å². The highest BCUT2D eigenvalue weighted by molar-refractivity contribution is 6.03. The van der Waals surface area contributed by atoms with Gasteiger partial charge in [-0.1, -0.05) is 62.4 Å². The third kappa shape index (κ3) is 1.27. The molecule has 0 aromatic heterocycles. The lowest BCUT2D eigenvalue weighted by atomic mass is 9.81. The SMILES string of the molecule is CC1(C)c2ccccc2-c2c1c(O)cc1ccccc21. The maximum atomic E-state index is 10.5. The van der Waals surface area contributed by atoms with Crippen molar-refractivity contribution < 1.29 is 5.11 Å². The summed E-state index contributed by atoms with van der Waals surface area (Å²) in [4.78, 5) is 0. The second kappa shape index (κ2) is 3.63. The van der Waals surface area contributed by atoms with Gasteiger partial charge < -0.3 is 5.11 Å². The second-order valence-corrected chi connectivity index (χ2v) is 6.04. The Morgan fingerprint density at radius 1 is 0.900 bits per heavy atom. The minimum Gasteiger partial charge on any atom is -0.508 e. The Bertz CT molecular complexity index is 844. The molecule has 4 rings (SSSR count). The first-order valence-corrected chi connectivity index (χ1v) is 6.96. The van der Waals surface area contributed by atoms with Gasteiger partial charge in [-0.2, -0.15) is 0 Å². The molecule has 0 aliphatic heterocycles. The predicted molar refractivity (Wildman–Crippen MR) is 83.2 cm³/mol. The monoisotopic (exact) mass is 260 g/mol. The van der Waals surface area contributed by atoms with Gasteiger partial charge in [0.2, 0.25) is 0 Å². The molecule has 1 N–H and O–H groups in total. The van der Waals surface area contributed by atoms with Crippen LogP contribution in [0.25, 0.3) is 21.9 Å². The predicted octanol–water partition coefficient (Wildman–Crippen LogP) is 4.85. The maximum Gasteiger partial charge on any atom is 0.120 e. The Hall–Kier alpha value is -2.28. The smallest absolute Gasteiger partial charge is 0.120 e. The third-order valence-corrected chi connectivity index (χ3v) is 4.52. The van der Waals surface area contributed by atoms with Gasteiger partial charge in [-0.25, -0.2) is 0 Å². The highest BCUT2D eigenvalue weighted by Gasteiger charge is 2.38. The molecule has 1 aliphatic rings. The average molecular weight is 260 g/mol. The van der Waals surface area contributed by atoms with Crippen LogP contribution in [0.3, 0.4) is 0 Å². The fourth-order valence-electron chi connectivity index (χ4n) is 3.63. The minimum atomic E-state index is -0.153. The van der Waals surface area contributed by atoms with Crippen molar-refractivity contribution in [2.45, 2.75) is 19.3 Å². The molecular weight excluding hydrogens is 244 g/mol. The van der Waals surface area contributed by atoms with Gasteiger partial charge >= 0.3 is 0 Å². The number of phenols is 1. The summed E-state index contributed by atoms with van der Waals surface area (Å²) in [6.45, 7) is 4.37. The normalized spacial score (nSPS) is 15.1. The van der Waals surface area contributed by atoms with Crippen LogP contribution in [0.5, 0.6) is 5.75 Å². The van der Waals surface area contributed by atoms with Crippen molar-refractivity contribution in [3.8, 4) is 16.9 Å². The fraction of sp³-hybridized carbons (Fsp3) is 0.158. The zero-order chi connectivity index (χ0) is 13.9. The molecule has 0 atom stereocenters. The summed E-state index contributed by atoms with van der Waals surface area (Å²) in [5, 5.41) is 12.9. The number of fused-ring (bicyclic) bond motifs is 5. The Labute approximate surface area is 118 Å². The number of rotatable bonds is 0. The topological polar surface area (TPSA) is 20.2 Å². The highest BCUT2D eigenvalue weighted by atomic mass is 16.3. The van der Waals surface area contributed by atoms with Gasteiger partial charge in [0.25, 0.3) is 0 Å². The number of hydrogen-bond donors (Lipinski definition) is 1. The van der Waals surface area contributed by atoms with Gasteiger partial charge in [0.15, 0.2) is 0 Å². The van der Waals surface area contributed by atoms with Crippen LogP contribution in [0.4, 0.5) is 0 Å². The summed E-state index contributed by atoms with van der Waals surface area (Å²) in [5.41, 5.74) is 4.64. The molecule has 0 spiro atoms. The molecule has 0 amide bonds. The standard InChI is InChI=1S/C19H16O/c1-19(2)15-10-6-5-9-14(15)17-13-8-4-3-7-12(13)11-16(20)18(17)19/h3-11,20H,1-2H3. The molecular formula is C19H16O. The number of aromatic hydroxyl groups is 1. The molecule has 3 aromatic carbocycles. The van der Waals surface area contributed by atoms with E-state index in [4.69, 9.17) is 0 Å². The van der Waals surface area contributed by atoms with E-state index in [1.807, 2.05) is 12.1 Å². The molecule has 98 valence electrons. The molecule has 1 heteroatoms. The summed E-state index contributed by atoms with van der Waals surface area (Å²) >= 11 is 0. The van der Waals surface area contributed by atoms with Gasteiger partial charge in [-0.15, -0.1) is 0 Å². The van der Waals surface area contributed by atoms with Crippen LogP contribution in [-0.2, 0) is 5.41 Å². The second-order valence-electron chi connectivity index (χ2n) is 6.04. The third-order valence-electron chi connectivity index (χ3n) is 4.52. The van der Waals surface area contributed by atoms with Crippen molar-refractivity contribution in [1.82, 2.24) is 0 Å². The van der Waals surface area contributed by atoms with Gasteiger partial charge in [0.1, 0.15) is 5.75 Å². The van der Waals surface area contributed by atoms with Crippen molar-refractivity contribution in [2.75, 3.05) is 0 Å². The van der Waals surface area contributed by atoms with E-state index in [1.165, 1.54) is 22.1 Å². The van der Waals surface area contributed by atoms with E-state index in [9.17, 15) is 5.11 Å². The lowest BCUT2D eigenvalue weighted by Crippen LogP contribution is -2.15. The van der Waals surface area contributed by atoms with Gasteiger partial charge in [0, 0.05) is 11.0 Å². The summed E-state index contributed by atoms with van der Waals surface area (Å²) < 4.78 is 0. The van der Waals surface area contributed by atoms with Crippen molar-refractivity contribution in [3.05, 3.63) is 65.7 Å². The number of benzene rings is 3. The van der Waals surface area contributed by atoms with Crippen molar-refractivity contribution >= 4 is 10.8 Å². The van der Waals surface area contributed by atoms with Crippen LogP contribution in [0.1, 0.15) is 25.0 Å². The van der Waals surface area contributed by atoms with Crippen molar-refractivity contribution in [2.24, 2.45) is 0 Å². The first kappa shape index (κ1) is 11.5. The molecule has 0 radical (unpaired) electrons. The summed E-state index contributed by atoms with van der Waals surface area (Å²) in [5.74, 6) is 0.403. The molecule has 0 saturated heterocycles. The number of phenolic OH excluding ortho intramolecular Hbond substituents is 1. The minimum absolute atomic E-state index is 0.153. The van der Waals surface area contributed by atoms with Crippen LogP contribution in [0.2, 0.25) is 0 Å². The lowest BCUT2D eigenvalue weighted by molar-refractivity contribution is 0.457. The average Bonchev–Trinajstić information content (AvgIpc) is 2.69. The molecule has 0 fully saturated rings. The highest BCUT2D eigenvalue weighted by Crippen LogP contribution is 2.54. The Kier molecular flexibility index (Phi) is 2.10. The summed E-state index contributed by atoms with van der Waals surface area (Å²) in [6.07, 6.45) is 0. The Balaban J connectivity index is 2.26. The summed E-state index contributed by atoms with van der Waals surface area (Å²) in [6, 6.07) is 18.7. The van der Waals surface area contributed by atoms with Crippen molar-refractivity contribution in [3.63, 3.8) is 0 Å². The largest absolute Gasteiger partial charge is 0.508 e. The molecule has 0 unspecified atom stereocenters. The van der Waals surface area contributed by atoms with E-state index < -0.39 is 0 Å². The van der Waals surface area contributed by atoms with Crippen LogP contribution in [-0.4, -0.2) is 5.11 Å². The zero-order valence-corrected chi connectivity index (χ0v) is 11.6. The van der Waals surface area contributed by atoms with E-state index in [1.54, 1.807) is 0 Å². The molecule has 20 heavy (non-hydrogen) atoms. The van der Waals surface area contributed by atoms with Gasteiger partial charge in [-0.05, 0) is 33.5 Å². The van der Waals surface area contributed by atoms with E-state index in [0.717, 1.165) is 10.9 Å². The number of hydrogen-bond acceptors (Lipinski definition) is 1. The first-order chi connectivity index (χ1) is 9.60. The lowest BCUT2D eigenvalue weighted by Gasteiger charge is -2.22. The molecule has 1 aliphatic carbocycles. The summed E-state index contributed by atoms with van der Waals surface area (Å²) in [7, 11) is 0. The van der Waals surface area contributed by atoms with E-state index >= 15 is 0 Å². The van der Waals surface area contributed by atoms with Crippen molar-refractivity contribution in [1.29, 1.82) is 0 Å². The Morgan fingerprint density at radius 2 is 1.60 bits per heavy atom. The quantitative estimate of drug-likeness (QED) is 0.612. The molecule has 0 heterocycles. The fourth-order valence-corrected chi connectivity index (χ4v) is 3.63. The maximum absolute atomic E-state index is 10.5. The van der Waals surface area contributed by atoms with Gasteiger partial charge in [0.05, 0.1) is 0 Å². The van der Waals surface area contributed by atoms with E-state index in [0.29, 0.717) is 5.75 Å². The molecule has 0 bridgehead atoms. The van der Waals surface area contributed by atoms with E-state index in [-0.39, 0.29) is 5.41 Å². The molecule has 0 saturated carbocycles.